The third-order valence-electron chi connectivity index (χ3n) is 4.18. The molecule has 3 rings (SSSR count). The molecule has 146 valence electrons. The van der Waals surface area contributed by atoms with Gasteiger partial charge in [0.15, 0.2) is 0 Å². The fourth-order valence-corrected chi connectivity index (χ4v) is 4.45. The SMILES string of the molecule is Cc1ccc(S(=O)(=O)Nc2ccc(F)cc2)cc1C(=O)NC(C)c1cccs1. The van der Waals surface area contributed by atoms with Crippen LogP contribution >= 0.6 is 11.3 Å². The maximum atomic E-state index is 13.0. The molecule has 1 atom stereocenters. The molecule has 1 heterocycles. The van der Waals surface area contributed by atoms with Crippen molar-refractivity contribution in [1.82, 2.24) is 5.32 Å². The van der Waals surface area contributed by atoms with E-state index in [0.29, 0.717) is 5.56 Å². The fraction of sp³-hybridized carbons (Fsp3) is 0.150. The minimum Gasteiger partial charge on any atom is -0.345 e. The van der Waals surface area contributed by atoms with Gasteiger partial charge in [-0.05, 0) is 67.3 Å². The van der Waals surface area contributed by atoms with Crippen LogP contribution in [0.2, 0.25) is 0 Å². The van der Waals surface area contributed by atoms with Gasteiger partial charge in [-0.2, -0.15) is 0 Å². The monoisotopic (exact) mass is 418 g/mol. The number of aryl methyl sites for hydroxylation is 1. The lowest BCUT2D eigenvalue weighted by Gasteiger charge is -2.15. The number of thiophene rings is 1. The first-order valence-corrected chi connectivity index (χ1v) is 10.9. The van der Waals surface area contributed by atoms with Crippen molar-refractivity contribution in [2.45, 2.75) is 24.8 Å². The molecule has 0 spiro atoms. The molecule has 1 unspecified atom stereocenters. The summed E-state index contributed by atoms with van der Waals surface area (Å²) in [4.78, 5) is 13.6. The Kier molecular flexibility index (Phi) is 5.81. The van der Waals surface area contributed by atoms with Crippen molar-refractivity contribution in [2.75, 3.05) is 4.72 Å². The Labute approximate surface area is 167 Å². The lowest BCUT2D eigenvalue weighted by molar-refractivity contribution is 0.0939. The highest BCUT2D eigenvalue weighted by atomic mass is 32.2. The molecule has 0 fully saturated rings. The number of anilines is 1. The van der Waals surface area contributed by atoms with Gasteiger partial charge in [-0.1, -0.05) is 12.1 Å². The largest absolute Gasteiger partial charge is 0.345 e. The summed E-state index contributed by atoms with van der Waals surface area (Å²) in [6.07, 6.45) is 0. The van der Waals surface area contributed by atoms with Crippen molar-refractivity contribution in [2.24, 2.45) is 0 Å². The summed E-state index contributed by atoms with van der Waals surface area (Å²) in [5.74, 6) is -0.811. The van der Waals surface area contributed by atoms with Gasteiger partial charge in [-0.15, -0.1) is 11.3 Å². The summed E-state index contributed by atoms with van der Waals surface area (Å²) in [5, 5.41) is 4.82. The van der Waals surface area contributed by atoms with Crippen molar-refractivity contribution in [3.05, 3.63) is 81.8 Å². The summed E-state index contributed by atoms with van der Waals surface area (Å²) in [7, 11) is -3.92. The Bertz CT molecular complexity index is 1080. The molecule has 0 aliphatic heterocycles. The number of carbonyl (C=O) groups is 1. The summed E-state index contributed by atoms with van der Waals surface area (Å²) in [6.45, 7) is 3.62. The predicted molar refractivity (Wildman–Crippen MR) is 109 cm³/mol. The van der Waals surface area contributed by atoms with Crippen molar-refractivity contribution < 1.29 is 17.6 Å². The molecule has 0 aliphatic rings. The van der Waals surface area contributed by atoms with Crippen LogP contribution in [0.5, 0.6) is 0 Å². The van der Waals surface area contributed by atoms with Gasteiger partial charge >= 0.3 is 0 Å². The van der Waals surface area contributed by atoms with Gasteiger partial charge < -0.3 is 5.32 Å². The molecule has 8 heteroatoms. The minimum atomic E-state index is -3.92. The molecule has 1 amide bonds. The van der Waals surface area contributed by atoms with Crippen molar-refractivity contribution >= 4 is 33.0 Å². The molecule has 28 heavy (non-hydrogen) atoms. The Balaban J connectivity index is 1.83. The van der Waals surface area contributed by atoms with Crippen LogP contribution in [0.25, 0.3) is 0 Å². The molecular formula is C20H19FN2O3S2. The van der Waals surface area contributed by atoms with E-state index in [0.717, 1.165) is 17.0 Å². The highest BCUT2D eigenvalue weighted by Crippen LogP contribution is 2.22. The third-order valence-corrected chi connectivity index (χ3v) is 6.61. The normalized spacial score (nSPS) is 12.4. The number of amides is 1. The average molecular weight is 419 g/mol. The Hall–Kier alpha value is -2.71. The number of halogens is 1. The molecule has 2 aromatic carbocycles. The van der Waals surface area contributed by atoms with Crippen molar-refractivity contribution in [3.63, 3.8) is 0 Å². The van der Waals surface area contributed by atoms with Gasteiger partial charge in [0.2, 0.25) is 0 Å². The molecule has 1 aromatic heterocycles. The Morgan fingerprint density at radius 1 is 1.11 bits per heavy atom. The van der Waals surface area contributed by atoms with E-state index in [1.54, 1.807) is 13.0 Å². The van der Waals surface area contributed by atoms with E-state index >= 15 is 0 Å². The predicted octanol–water partition coefficient (Wildman–Crippen LogP) is 4.49. The zero-order chi connectivity index (χ0) is 20.3. The number of hydrogen-bond donors (Lipinski definition) is 2. The molecule has 0 bridgehead atoms. The number of hydrogen-bond acceptors (Lipinski definition) is 4. The maximum absolute atomic E-state index is 13.0. The number of rotatable bonds is 6. The van der Waals surface area contributed by atoms with E-state index in [4.69, 9.17) is 0 Å². The zero-order valence-corrected chi connectivity index (χ0v) is 16.9. The number of benzene rings is 2. The molecular weight excluding hydrogens is 399 g/mol. The minimum absolute atomic E-state index is 0.0450. The summed E-state index contributed by atoms with van der Waals surface area (Å²) < 4.78 is 40.7. The molecule has 0 saturated carbocycles. The van der Waals surface area contributed by atoms with Crippen LogP contribution in [-0.4, -0.2) is 14.3 Å². The van der Waals surface area contributed by atoms with Gasteiger partial charge in [0.05, 0.1) is 10.9 Å². The van der Waals surface area contributed by atoms with Gasteiger partial charge in [-0.25, -0.2) is 12.8 Å². The van der Waals surface area contributed by atoms with Crippen LogP contribution in [-0.2, 0) is 10.0 Å². The standard InChI is InChI=1S/C20H19FN2O3S2/c1-13-5-10-17(28(25,26)23-16-8-6-15(21)7-9-16)12-18(13)20(24)22-14(2)19-4-3-11-27-19/h3-12,14,23H,1-2H3,(H,22,24). The van der Waals surface area contributed by atoms with E-state index < -0.39 is 15.8 Å². The van der Waals surface area contributed by atoms with Gasteiger partial charge in [0.1, 0.15) is 5.82 Å². The average Bonchev–Trinajstić information content (AvgIpc) is 3.18. The van der Waals surface area contributed by atoms with Crippen LogP contribution < -0.4 is 10.0 Å². The molecule has 3 aromatic rings. The number of sulfonamides is 1. The summed E-state index contributed by atoms with van der Waals surface area (Å²) in [6, 6.07) is 13.0. The molecule has 0 saturated heterocycles. The van der Waals surface area contributed by atoms with E-state index in [2.05, 4.69) is 10.0 Å². The highest BCUT2D eigenvalue weighted by Gasteiger charge is 2.20. The second-order valence-corrected chi connectivity index (χ2v) is 8.96. The second kappa shape index (κ2) is 8.12. The summed E-state index contributed by atoms with van der Waals surface area (Å²) in [5.41, 5.74) is 1.18. The summed E-state index contributed by atoms with van der Waals surface area (Å²) >= 11 is 1.53. The first-order chi connectivity index (χ1) is 13.3. The number of nitrogens with one attached hydrogen (secondary N) is 2. The number of carbonyl (C=O) groups excluding carboxylic acids is 1. The second-order valence-electron chi connectivity index (χ2n) is 6.30. The van der Waals surface area contributed by atoms with Gasteiger partial charge in [-0.3, -0.25) is 9.52 Å². The highest BCUT2D eigenvalue weighted by molar-refractivity contribution is 7.92. The van der Waals surface area contributed by atoms with E-state index in [9.17, 15) is 17.6 Å². The third kappa shape index (κ3) is 4.58. The topological polar surface area (TPSA) is 75.3 Å². The van der Waals surface area contributed by atoms with Crippen LogP contribution in [0.15, 0.2) is 64.9 Å². The first-order valence-electron chi connectivity index (χ1n) is 8.49. The molecule has 5 nitrogen and oxygen atoms in total. The first kappa shape index (κ1) is 20.0. The smallest absolute Gasteiger partial charge is 0.261 e. The quantitative estimate of drug-likeness (QED) is 0.619. The lowest BCUT2D eigenvalue weighted by atomic mass is 10.1. The van der Waals surface area contributed by atoms with E-state index in [1.807, 2.05) is 24.4 Å². The van der Waals surface area contributed by atoms with Crippen LogP contribution in [0, 0.1) is 12.7 Å². The van der Waals surface area contributed by atoms with Crippen molar-refractivity contribution in [3.8, 4) is 0 Å². The van der Waals surface area contributed by atoms with Crippen LogP contribution in [0.3, 0.4) is 0 Å². The van der Waals surface area contributed by atoms with E-state index in [1.165, 1.54) is 35.6 Å². The Morgan fingerprint density at radius 2 is 1.82 bits per heavy atom. The maximum Gasteiger partial charge on any atom is 0.261 e. The van der Waals surface area contributed by atoms with Gasteiger partial charge in [0, 0.05) is 16.1 Å². The van der Waals surface area contributed by atoms with Crippen molar-refractivity contribution in [1.29, 1.82) is 0 Å². The van der Waals surface area contributed by atoms with Crippen LogP contribution in [0.4, 0.5) is 10.1 Å². The molecule has 0 aliphatic carbocycles. The van der Waals surface area contributed by atoms with Crippen LogP contribution in [0.1, 0.15) is 33.8 Å². The Morgan fingerprint density at radius 3 is 2.46 bits per heavy atom. The fourth-order valence-electron chi connectivity index (χ4n) is 2.63. The zero-order valence-electron chi connectivity index (χ0n) is 15.3. The van der Waals surface area contributed by atoms with E-state index in [-0.39, 0.29) is 28.1 Å². The van der Waals surface area contributed by atoms with Gasteiger partial charge in [0.25, 0.3) is 15.9 Å². The molecule has 0 radical (unpaired) electrons. The lowest BCUT2D eigenvalue weighted by Crippen LogP contribution is -2.27. The molecule has 2 N–H and O–H groups in total.